The summed E-state index contributed by atoms with van der Waals surface area (Å²) in [6.07, 6.45) is 3.09. The number of nitrogens with zero attached hydrogens (tertiary/aromatic N) is 2. The molecule has 0 aliphatic heterocycles. The summed E-state index contributed by atoms with van der Waals surface area (Å²) < 4.78 is 0. The molecule has 0 aliphatic carbocycles. The maximum atomic E-state index is 10.9. The third-order valence-electron chi connectivity index (χ3n) is 2.44. The smallest absolute Gasteiger partial charge is 0.337 e. The van der Waals surface area contributed by atoms with Crippen LogP contribution in [0.15, 0.2) is 36.8 Å². The first kappa shape index (κ1) is 11.8. The Morgan fingerprint density at radius 2 is 2.22 bits per heavy atom. The second kappa shape index (κ2) is 5.13. The van der Waals surface area contributed by atoms with Crippen molar-refractivity contribution in [3.8, 4) is 0 Å². The summed E-state index contributed by atoms with van der Waals surface area (Å²) in [6.45, 7) is 0.454. The van der Waals surface area contributed by atoms with Crippen LogP contribution in [0.5, 0.6) is 0 Å². The van der Waals surface area contributed by atoms with E-state index in [1.54, 1.807) is 24.4 Å². The number of para-hydroxylation sites is 1. The zero-order valence-electron chi connectivity index (χ0n) is 9.50. The maximum absolute atomic E-state index is 10.9. The number of carboxylic acids is 1. The molecule has 2 aromatic rings. The van der Waals surface area contributed by atoms with Gasteiger partial charge in [-0.3, -0.25) is 0 Å². The fourth-order valence-electron chi connectivity index (χ4n) is 1.51. The van der Waals surface area contributed by atoms with Crippen LogP contribution in [0.2, 0.25) is 0 Å². The first-order chi connectivity index (χ1) is 8.68. The molecule has 4 N–H and O–H groups in total. The normalized spacial score (nSPS) is 10.0. The highest BCUT2D eigenvalue weighted by molar-refractivity contribution is 5.97. The van der Waals surface area contributed by atoms with Crippen LogP contribution in [0.25, 0.3) is 0 Å². The van der Waals surface area contributed by atoms with E-state index < -0.39 is 5.97 Å². The van der Waals surface area contributed by atoms with Crippen molar-refractivity contribution in [2.75, 3.05) is 11.1 Å². The highest BCUT2D eigenvalue weighted by atomic mass is 16.4. The van der Waals surface area contributed by atoms with Crippen molar-refractivity contribution in [1.29, 1.82) is 0 Å². The fraction of sp³-hybridized carbons (Fsp3) is 0.0833. The fourth-order valence-corrected chi connectivity index (χ4v) is 1.51. The Kier molecular flexibility index (Phi) is 3.38. The van der Waals surface area contributed by atoms with Crippen molar-refractivity contribution in [3.05, 3.63) is 48.0 Å². The van der Waals surface area contributed by atoms with Crippen molar-refractivity contribution in [1.82, 2.24) is 9.97 Å². The van der Waals surface area contributed by atoms with Gasteiger partial charge in [-0.2, -0.15) is 0 Å². The number of aromatic nitrogens is 2. The lowest BCUT2D eigenvalue weighted by Crippen LogP contribution is -2.08. The molecule has 1 aromatic carbocycles. The Balaban J connectivity index is 2.15. The second-order valence-electron chi connectivity index (χ2n) is 3.63. The highest BCUT2D eigenvalue weighted by Crippen LogP contribution is 2.23. The van der Waals surface area contributed by atoms with Crippen LogP contribution in [-0.2, 0) is 6.54 Å². The van der Waals surface area contributed by atoms with E-state index in [-0.39, 0.29) is 11.3 Å². The van der Waals surface area contributed by atoms with Gasteiger partial charge in [-0.15, -0.1) is 0 Å². The van der Waals surface area contributed by atoms with Gasteiger partial charge in [0.05, 0.1) is 29.2 Å². The van der Waals surface area contributed by atoms with Gasteiger partial charge in [0.2, 0.25) is 0 Å². The molecule has 6 nitrogen and oxygen atoms in total. The number of carboxylic acid groups (broad SMARTS) is 1. The summed E-state index contributed by atoms with van der Waals surface area (Å²) in [7, 11) is 0. The summed E-state index contributed by atoms with van der Waals surface area (Å²) in [4.78, 5) is 18.8. The monoisotopic (exact) mass is 244 g/mol. The predicted octanol–water partition coefficient (Wildman–Crippen LogP) is 1.37. The van der Waals surface area contributed by atoms with E-state index in [0.29, 0.717) is 12.2 Å². The third-order valence-corrected chi connectivity index (χ3v) is 2.44. The largest absolute Gasteiger partial charge is 0.478 e. The van der Waals surface area contributed by atoms with Crippen LogP contribution < -0.4 is 11.1 Å². The quantitative estimate of drug-likeness (QED) is 0.702. The Hall–Kier alpha value is -2.63. The van der Waals surface area contributed by atoms with E-state index in [1.807, 2.05) is 0 Å². The molecule has 0 amide bonds. The van der Waals surface area contributed by atoms with Gasteiger partial charge in [0.15, 0.2) is 0 Å². The highest BCUT2D eigenvalue weighted by Gasteiger charge is 2.10. The molecular weight excluding hydrogens is 232 g/mol. The first-order valence-corrected chi connectivity index (χ1v) is 5.29. The molecule has 92 valence electrons. The standard InChI is InChI=1S/C12H12N4O2/c13-11-9(12(17)18)2-1-3-10(11)15-6-8-4-5-14-7-16-8/h1-5,7,15H,6,13H2,(H,17,18). The van der Waals surface area contributed by atoms with Gasteiger partial charge < -0.3 is 16.2 Å². The SMILES string of the molecule is Nc1c(NCc2ccncn2)cccc1C(=O)O. The minimum absolute atomic E-state index is 0.0858. The minimum Gasteiger partial charge on any atom is -0.478 e. The third kappa shape index (κ3) is 2.54. The van der Waals surface area contributed by atoms with E-state index >= 15 is 0 Å². The molecule has 0 aliphatic rings. The van der Waals surface area contributed by atoms with Crippen molar-refractivity contribution in [3.63, 3.8) is 0 Å². The number of nitrogen functional groups attached to an aromatic ring is 1. The number of carbonyl (C=O) groups is 1. The van der Waals surface area contributed by atoms with Crippen molar-refractivity contribution < 1.29 is 9.90 Å². The number of anilines is 2. The van der Waals surface area contributed by atoms with Crippen molar-refractivity contribution in [2.24, 2.45) is 0 Å². The van der Waals surface area contributed by atoms with E-state index in [1.165, 1.54) is 12.4 Å². The van der Waals surface area contributed by atoms with E-state index in [0.717, 1.165) is 5.69 Å². The molecule has 1 heterocycles. The summed E-state index contributed by atoms with van der Waals surface area (Å²) in [5, 5.41) is 12.0. The predicted molar refractivity (Wildman–Crippen MR) is 67.2 cm³/mol. The Morgan fingerprint density at radius 1 is 1.39 bits per heavy atom. The number of benzene rings is 1. The second-order valence-corrected chi connectivity index (χ2v) is 3.63. The lowest BCUT2D eigenvalue weighted by Gasteiger charge is -2.10. The van der Waals surface area contributed by atoms with Crippen LogP contribution >= 0.6 is 0 Å². The lowest BCUT2D eigenvalue weighted by atomic mass is 10.1. The van der Waals surface area contributed by atoms with Crippen LogP contribution in [0, 0.1) is 0 Å². The van der Waals surface area contributed by atoms with Gasteiger partial charge in [0.1, 0.15) is 6.33 Å². The van der Waals surface area contributed by atoms with Crippen LogP contribution in [0.4, 0.5) is 11.4 Å². The summed E-state index contributed by atoms with van der Waals surface area (Å²) in [5.74, 6) is -1.04. The number of hydrogen-bond acceptors (Lipinski definition) is 5. The van der Waals surface area contributed by atoms with Crippen LogP contribution in [-0.4, -0.2) is 21.0 Å². The van der Waals surface area contributed by atoms with E-state index in [9.17, 15) is 4.79 Å². The molecule has 0 unspecified atom stereocenters. The first-order valence-electron chi connectivity index (χ1n) is 5.29. The molecule has 0 spiro atoms. The van der Waals surface area contributed by atoms with Crippen molar-refractivity contribution in [2.45, 2.75) is 6.54 Å². The molecule has 18 heavy (non-hydrogen) atoms. The molecule has 6 heteroatoms. The number of aromatic carboxylic acids is 1. The van der Waals surface area contributed by atoms with Gasteiger partial charge in [0.25, 0.3) is 0 Å². The summed E-state index contributed by atoms with van der Waals surface area (Å²) in [6, 6.07) is 6.60. The average Bonchev–Trinajstić information content (AvgIpc) is 2.38. The molecule has 0 atom stereocenters. The molecule has 0 radical (unpaired) electrons. The van der Waals surface area contributed by atoms with E-state index in [2.05, 4.69) is 15.3 Å². The molecular formula is C12H12N4O2. The summed E-state index contributed by atoms with van der Waals surface area (Å²) in [5.41, 5.74) is 7.45. The van der Waals surface area contributed by atoms with Crippen LogP contribution in [0.1, 0.15) is 16.1 Å². The molecule has 1 aromatic heterocycles. The number of nitrogens with one attached hydrogen (secondary N) is 1. The topological polar surface area (TPSA) is 101 Å². The lowest BCUT2D eigenvalue weighted by molar-refractivity contribution is 0.0698. The van der Waals surface area contributed by atoms with Gasteiger partial charge in [-0.1, -0.05) is 6.07 Å². The van der Waals surface area contributed by atoms with Gasteiger partial charge in [0, 0.05) is 6.20 Å². The Labute approximate surface area is 104 Å². The molecule has 0 bridgehead atoms. The maximum Gasteiger partial charge on any atom is 0.337 e. The van der Waals surface area contributed by atoms with E-state index in [4.69, 9.17) is 10.8 Å². The molecule has 0 saturated carbocycles. The molecule has 0 saturated heterocycles. The molecule has 0 fully saturated rings. The average molecular weight is 244 g/mol. The molecule has 2 rings (SSSR count). The van der Waals surface area contributed by atoms with Gasteiger partial charge in [-0.25, -0.2) is 14.8 Å². The van der Waals surface area contributed by atoms with Gasteiger partial charge in [-0.05, 0) is 18.2 Å². The number of rotatable bonds is 4. The zero-order chi connectivity index (χ0) is 13.0. The zero-order valence-corrected chi connectivity index (χ0v) is 9.50. The Bertz CT molecular complexity index is 557. The summed E-state index contributed by atoms with van der Waals surface area (Å²) >= 11 is 0. The van der Waals surface area contributed by atoms with Crippen molar-refractivity contribution >= 4 is 17.3 Å². The minimum atomic E-state index is -1.04. The number of hydrogen-bond donors (Lipinski definition) is 3. The number of nitrogens with two attached hydrogens (primary N) is 1. The van der Waals surface area contributed by atoms with Gasteiger partial charge >= 0.3 is 5.97 Å². The van der Waals surface area contributed by atoms with Crippen LogP contribution in [0.3, 0.4) is 0 Å². The Morgan fingerprint density at radius 3 is 2.89 bits per heavy atom.